The van der Waals surface area contributed by atoms with Gasteiger partial charge in [-0.25, -0.2) is 0 Å². The lowest BCUT2D eigenvalue weighted by Crippen LogP contribution is -2.33. The van der Waals surface area contributed by atoms with Gasteiger partial charge in [0, 0.05) is 39.5 Å². The van der Waals surface area contributed by atoms with E-state index in [0.717, 1.165) is 19.5 Å². The van der Waals surface area contributed by atoms with Crippen LogP contribution in [0.2, 0.25) is 0 Å². The van der Waals surface area contributed by atoms with Crippen molar-refractivity contribution in [3.8, 4) is 0 Å². The summed E-state index contributed by atoms with van der Waals surface area (Å²) in [6.07, 6.45) is 1.06. The zero-order valence-corrected chi connectivity index (χ0v) is 14.0. The zero-order chi connectivity index (χ0) is 16.9. The van der Waals surface area contributed by atoms with Crippen LogP contribution in [-0.2, 0) is 11.3 Å². The smallest absolute Gasteiger partial charge is 0.311 e. The number of para-hydroxylation sites is 1. The third-order valence-corrected chi connectivity index (χ3v) is 4.20. The number of carbonyl (C=O) groups is 1. The van der Waals surface area contributed by atoms with Crippen LogP contribution in [0.3, 0.4) is 0 Å². The second-order valence-corrected chi connectivity index (χ2v) is 6.06. The molecule has 0 N–H and O–H groups in total. The van der Waals surface area contributed by atoms with Crippen LogP contribution in [0.5, 0.6) is 0 Å². The Bertz CT molecular complexity index is 673. The maximum absolute atomic E-state index is 12.4. The standard InChI is InChI=1S/C17H22N4O3/c1-20(17(22)16-19-18-15(24-16)12-23-2)10-13-8-9-21(11-13)14-6-4-3-5-7-14/h3-7,13H,8-12H2,1-2H3. The maximum atomic E-state index is 12.4. The highest BCUT2D eigenvalue weighted by Gasteiger charge is 2.27. The first-order valence-corrected chi connectivity index (χ1v) is 8.04. The lowest BCUT2D eigenvalue weighted by atomic mass is 10.1. The second-order valence-electron chi connectivity index (χ2n) is 6.06. The molecule has 7 heteroatoms. The average Bonchev–Trinajstić information content (AvgIpc) is 3.25. The van der Waals surface area contributed by atoms with Crippen LogP contribution < -0.4 is 4.90 Å². The molecule has 0 aliphatic carbocycles. The molecular weight excluding hydrogens is 308 g/mol. The average molecular weight is 330 g/mol. The number of nitrogens with zero attached hydrogens (tertiary/aromatic N) is 4. The first-order valence-electron chi connectivity index (χ1n) is 8.04. The minimum absolute atomic E-state index is 0.0162. The van der Waals surface area contributed by atoms with Gasteiger partial charge >= 0.3 is 11.8 Å². The topological polar surface area (TPSA) is 71.7 Å². The van der Waals surface area contributed by atoms with Gasteiger partial charge in [-0.15, -0.1) is 10.2 Å². The quantitative estimate of drug-likeness (QED) is 0.804. The first kappa shape index (κ1) is 16.4. The van der Waals surface area contributed by atoms with E-state index in [2.05, 4.69) is 27.2 Å². The Labute approximate surface area is 141 Å². The Morgan fingerprint density at radius 1 is 1.38 bits per heavy atom. The van der Waals surface area contributed by atoms with Crippen molar-refractivity contribution in [1.82, 2.24) is 15.1 Å². The number of rotatable bonds is 6. The summed E-state index contributed by atoms with van der Waals surface area (Å²) in [6.45, 7) is 2.83. The maximum Gasteiger partial charge on any atom is 0.311 e. The molecule has 1 aromatic carbocycles. The fraction of sp³-hybridized carbons (Fsp3) is 0.471. The van der Waals surface area contributed by atoms with Gasteiger partial charge in [0.25, 0.3) is 0 Å². The highest BCUT2D eigenvalue weighted by Crippen LogP contribution is 2.24. The van der Waals surface area contributed by atoms with Gasteiger partial charge in [-0.05, 0) is 24.5 Å². The van der Waals surface area contributed by atoms with Crippen LogP contribution in [0.1, 0.15) is 23.0 Å². The molecule has 7 nitrogen and oxygen atoms in total. The van der Waals surface area contributed by atoms with Crippen molar-refractivity contribution >= 4 is 11.6 Å². The lowest BCUT2D eigenvalue weighted by Gasteiger charge is -2.21. The number of ether oxygens (including phenoxy) is 1. The molecule has 128 valence electrons. The van der Waals surface area contributed by atoms with Gasteiger partial charge in [0.15, 0.2) is 0 Å². The molecule has 24 heavy (non-hydrogen) atoms. The predicted molar refractivity (Wildman–Crippen MR) is 88.7 cm³/mol. The molecule has 1 atom stereocenters. The summed E-state index contributed by atoms with van der Waals surface area (Å²) >= 11 is 0. The summed E-state index contributed by atoms with van der Waals surface area (Å²) in [5, 5.41) is 7.59. The summed E-state index contributed by atoms with van der Waals surface area (Å²) in [5.41, 5.74) is 1.23. The second kappa shape index (κ2) is 7.44. The Kier molecular flexibility index (Phi) is 5.10. The van der Waals surface area contributed by atoms with Crippen molar-refractivity contribution in [2.75, 3.05) is 38.7 Å². The van der Waals surface area contributed by atoms with Gasteiger partial charge in [-0.2, -0.15) is 0 Å². The van der Waals surface area contributed by atoms with Crippen molar-refractivity contribution in [2.24, 2.45) is 5.92 Å². The normalized spacial score (nSPS) is 17.2. The van der Waals surface area contributed by atoms with Gasteiger partial charge in [-0.3, -0.25) is 4.79 Å². The van der Waals surface area contributed by atoms with E-state index in [9.17, 15) is 4.79 Å². The van der Waals surface area contributed by atoms with Gasteiger partial charge in [0.1, 0.15) is 6.61 Å². The van der Waals surface area contributed by atoms with Crippen molar-refractivity contribution in [2.45, 2.75) is 13.0 Å². The van der Waals surface area contributed by atoms with Crippen molar-refractivity contribution in [1.29, 1.82) is 0 Å². The summed E-state index contributed by atoms with van der Waals surface area (Å²) in [7, 11) is 3.31. The molecule has 1 fully saturated rings. The van der Waals surface area contributed by atoms with Crippen LogP contribution in [0.4, 0.5) is 5.69 Å². The summed E-state index contributed by atoms with van der Waals surface area (Å²) in [6, 6.07) is 10.3. The third kappa shape index (κ3) is 3.73. The largest absolute Gasteiger partial charge is 0.414 e. The highest BCUT2D eigenvalue weighted by molar-refractivity contribution is 5.89. The number of aromatic nitrogens is 2. The molecule has 1 amide bonds. The van der Waals surface area contributed by atoms with E-state index in [4.69, 9.17) is 9.15 Å². The minimum atomic E-state index is -0.247. The molecule has 1 saturated heterocycles. The van der Waals surface area contributed by atoms with Gasteiger partial charge in [-0.1, -0.05) is 18.2 Å². The molecular formula is C17H22N4O3. The highest BCUT2D eigenvalue weighted by atomic mass is 16.5. The van der Waals surface area contributed by atoms with E-state index >= 15 is 0 Å². The van der Waals surface area contributed by atoms with Crippen LogP contribution in [0.15, 0.2) is 34.7 Å². The molecule has 0 spiro atoms. The summed E-state index contributed by atoms with van der Waals surface area (Å²) in [4.78, 5) is 16.4. The number of methoxy groups -OCH3 is 1. The van der Waals surface area contributed by atoms with Gasteiger partial charge in [0.2, 0.25) is 5.89 Å². The van der Waals surface area contributed by atoms with Crippen molar-refractivity contribution in [3.63, 3.8) is 0 Å². The number of anilines is 1. The number of benzene rings is 1. The van der Waals surface area contributed by atoms with Crippen LogP contribution in [-0.4, -0.2) is 54.8 Å². The number of carbonyl (C=O) groups excluding carboxylic acids is 1. The Morgan fingerprint density at radius 2 is 2.17 bits per heavy atom. The molecule has 1 aliphatic heterocycles. The Morgan fingerprint density at radius 3 is 2.92 bits per heavy atom. The molecule has 0 saturated carbocycles. The molecule has 1 aromatic heterocycles. The third-order valence-electron chi connectivity index (χ3n) is 4.20. The van der Waals surface area contributed by atoms with E-state index in [1.165, 1.54) is 12.8 Å². The van der Waals surface area contributed by atoms with Crippen LogP contribution in [0, 0.1) is 5.92 Å². The van der Waals surface area contributed by atoms with Crippen molar-refractivity contribution < 1.29 is 13.9 Å². The molecule has 1 unspecified atom stereocenters. The summed E-state index contributed by atoms with van der Waals surface area (Å²) < 4.78 is 10.2. The monoisotopic (exact) mass is 330 g/mol. The van der Waals surface area contributed by atoms with E-state index in [1.807, 2.05) is 18.2 Å². The number of hydrogen-bond acceptors (Lipinski definition) is 6. The predicted octanol–water partition coefficient (Wildman–Crippen LogP) is 1.81. The summed E-state index contributed by atoms with van der Waals surface area (Å²) in [5.74, 6) is 0.511. The van der Waals surface area contributed by atoms with E-state index < -0.39 is 0 Å². The molecule has 3 rings (SSSR count). The molecule has 0 radical (unpaired) electrons. The molecule has 2 aromatic rings. The fourth-order valence-electron chi connectivity index (χ4n) is 3.01. The zero-order valence-electron chi connectivity index (χ0n) is 14.0. The van der Waals surface area contributed by atoms with Crippen LogP contribution in [0.25, 0.3) is 0 Å². The lowest BCUT2D eigenvalue weighted by molar-refractivity contribution is 0.0729. The molecule has 2 heterocycles. The Hall–Kier alpha value is -2.41. The Balaban J connectivity index is 1.55. The SMILES string of the molecule is COCc1nnc(C(=O)N(C)CC2CCN(c3ccccc3)C2)o1. The van der Waals surface area contributed by atoms with Gasteiger partial charge in [0.05, 0.1) is 0 Å². The molecule has 1 aliphatic rings. The minimum Gasteiger partial charge on any atom is -0.414 e. The number of amides is 1. The fourth-order valence-corrected chi connectivity index (χ4v) is 3.01. The number of hydrogen-bond donors (Lipinski definition) is 0. The first-order chi connectivity index (χ1) is 11.7. The van der Waals surface area contributed by atoms with Crippen molar-refractivity contribution in [3.05, 3.63) is 42.1 Å². The van der Waals surface area contributed by atoms with Crippen LogP contribution >= 0.6 is 0 Å². The van der Waals surface area contributed by atoms with E-state index in [0.29, 0.717) is 18.4 Å². The molecule has 0 bridgehead atoms. The van der Waals surface area contributed by atoms with E-state index in [1.54, 1.807) is 11.9 Å². The van der Waals surface area contributed by atoms with E-state index in [-0.39, 0.29) is 18.4 Å². The van der Waals surface area contributed by atoms with Gasteiger partial charge < -0.3 is 19.0 Å².